The summed E-state index contributed by atoms with van der Waals surface area (Å²) < 4.78 is 0. The van der Waals surface area contributed by atoms with Crippen molar-refractivity contribution in [1.82, 2.24) is 4.90 Å². The number of nitrogens with zero attached hydrogens (tertiary/aromatic N) is 2. The number of carbonyl (C=O) groups is 3. The Balaban J connectivity index is 2.26. The fraction of sp³-hybridized carbons (Fsp3) is 0.357. The van der Waals surface area contributed by atoms with Crippen LogP contribution in [0.2, 0.25) is 0 Å². The van der Waals surface area contributed by atoms with E-state index in [0.29, 0.717) is 11.3 Å². The van der Waals surface area contributed by atoms with Gasteiger partial charge in [0.1, 0.15) is 6.04 Å². The molecule has 1 aromatic rings. The first-order valence-corrected chi connectivity index (χ1v) is 6.50. The lowest BCUT2D eigenvalue weighted by atomic mass is 10.0. The van der Waals surface area contributed by atoms with Gasteiger partial charge in [-0.25, -0.2) is 0 Å². The minimum atomic E-state index is -1.09. The topological polar surface area (TPSA) is 104 Å². The molecule has 2 amide bonds. The first kappa shape index (κ1) is 15.0. The standard InChI is InChI=1S/C14H17N3O4/c1-16-12(18)7-17(8-13(16)19)11-5-3-2-4-9(11)6-10(15)14(20)21/h2-5,10H,6-8,15H2,1H3,(H,20,21). The van der Waals surface area contributed by atoms with E-state index in [4.69, 9.17) is 10.8 Å². The van der Waals surface area contributed by atoms with Gasteiger partial charge >= 0.3 is 5.97 Å². The predicted molar refractivity (Wildman–Crippen MR) is 75.7 cm³/mol. The zero-order valence-corrected chi connectivity index (χ0v) is 11.7. The molecule has 0 saturated carbocycles. The maximum absolute atomic E-state index is 11.8. The molecule has 1 heterocycles. The number of hydrogen-bond acceptors (Lipinski definition) is 5. The van der Waals surface area contributed by atoms with Gasteiger partial charge in [0, 0.05) is 19.2 Å². The molecule has 1 aliphatic heterocycles. The third-order valence-electron chi connectivity index (χ3n) is 3.49. The van der Waals surface area contributed by atoms with Crippen molar-refractivity contribution in [3.8, 4) is 0 Å². The molecule has 2 rings (SSSR count). The largest absolute Gasteiger partial charge is 0.480 e. The lowest BCUT2D eigenvalue weighted by Crippen LogP contribution is -2.52. The number of aliphatic carboxylic acids is 1. The van der Waals surface area contributed by atoms with E-state index < -0.39 is 12.0 Å². The van der Waals surface area contributed by atoms with Gasteiger partial charge in [-0.15, -0.1) is 0 Å². The van der Waals surface area contributed by atoms with Crippen molar-refractivity contribution in [1.29, 1.82) is 0 Å². The van der Waals surface area contributed by atoms with Gasteiger partial charge in [-0.2, -0.15) is 0 Å². The smallest absolute Gasteiger partial charge is 0.320 e. The van der Waals surface area contributed by atoms with Crippen LogP contribution in [0, 0.1) is 0 Å². The molecular weight excluding hydrogens is 274 g/mol. The molecule has 21 heavy (non-hydrogen) atoms. The average molecular weight is 291 g/mol. The zero-order chi connectivity index (χ0) is 15.6. The number of carboxylic acid groups (broad SMARTS) is 1. The van der Waals surface area contributed by atoms with Crippen LogP contribution in [0.1, 0.15) is 5.56 Å². The van der Waals surface area contributed by atoms with E-state index in [0.717, 1.165) is 4.90 Å². The summed E-state index contributed by atoms with van der Waals surface area (Å²) in [4.78, 5) is 37.2. The summed E-state index contributed by atoms with van der Waals surface area (Å²) in [5, 5.41) is 8.91. The maximum atomic E-state index is 11.8. The highest BCUT2D eigenvalue weighted by Gasteiger charge is 2.29. The minimum absolute atomic E-state index is 0.0849. The van der Waals surface area contributed by atoms with Gasteiger partial charge in [0.05, 0.1) is 13.1 Å². The number of para-hydroxylation sites is 1. The van der Waals surface area contributed by atoms with Crippen molar-refractivity contribution in [2.75, 3.05) is 25.0 Å². The van der Waals surface area contributed by atoms with Crippen molar-refractivity contribution in [3.63, 3.8) is 0 Å². The predicted octanol–water partition coefficient (Wildman–Crippen LogP) is -0.554. The summed E-state index contributed by atoms with van der Waals surface area (Å²) in [5.74, 6) is -1.66. The van der Waals surface area contributed by atoms with E-state index in [1.165, 1.54) is 7.05 Å². The van der Waals surface area contributed by atoms with Crippen molar-refractivity contribution in [2.45, 2.75) is 12.5 Å². The number of amides is 2. The van der Waals surface area contributed by atoms with Crippen LogP contribution in [0.5, 0.6) is 0 Å². The van der Waals surface area contributed by atoms with E-state index in [1.54, 1.807) is 29.2 Å². The van der Waals surface area contributed by atoms with Crippen molar-refractivity contribution in [3.05, 3.63) is 29.8 Å². The molecule has 1 unspecified atom stereocenters. The lowest BCUT2D eigenvalue weighted by molar-refractivity contribution is -0.143. The second kappa shape index (κ2) is 5.92. The quantitative estimate of drug-likeness (QED) is 0.721. The molecule has 0 spiro atoms. The Morgan fingerprint density at radius 2 is 1.86 bits per heavy atom. The fourth-order valence-electron chi connectivity index (χ4n) is 2.22. The van der Waals surface area contributed by atoms with Crippen molar-refractivity contribution in [2.24, 2.45) is 5.73 Å². The monoisotopic (exact) mass is 291 g/mol. The Kier molecular flexibility index (Phi) is 4.23. The number of benzene rings is 1. The fourth-order valence-corrected chi connectivity index (χ4v) is 2.22. The van der Waals surface area contributed by atoms with E-state index in [9.17, 15) is 14.4 Å². The number of rotatable bonds is 4. The van der Waals surface area contributed by atoms with E-state index >= 15 is 0 Å². The van der Waals surface area contributed by atoms with E-state index in [-0.39, 0.29) is 31.3 Å². The Morgan fingerprint density at radius 3 is 2.43 bits per heavy atom. The van der Waals surface area contributed by atoms with Gasteiger partial charge in [-0.05, 0) is 11.6 Å². The molecule has 0 aliphatic carbocycles. The van der Waals surface area contributed by atoms with Gasteiger partial charge < -0.3 is 15.7 Å². The molecule has 1 aromatic carbocycles. The second-order valence-electron chi connectivity index (χ2n) is 4.98. The summed E-state index contributed by atoms with van der Waals surface area (Å²) in [6.45, 7) is 0.170. The highest BCUT2D eigenvalue weighted by molar-refractivity contribution is 6.02. The third-order valence-corrected chi connectivity index (χ3v) is 3.49. The molecule has 7 nitrogen and oxygen atoms in total. The first-order valence-electron chi connectivity index (χ1n) is 6.50. The molecule has 0 radical (unpaired) electrons. The first-order chi connectivity index (χ1) is 9.90. The molecule has 7 heteroatoms. The highest BCUT2D eigenvalue weighted by atomic mass is 16.4. The number of hydrogen-bond donors (Lipinski definition) is 2. The van der Waals surface area contributed by atoms with Crippen LogP contribution in [0.4, 0.5) is 5.69 Å². The maximum Gasteiger partial charge on any atom is 0.320 e. The average Bonchev–Trinajstić information content (AvgIpc) is 2.44. The van der Waals surface area contributed by atoms with Gasteiger partial charge in [0.2, 0.25) is 11.8 Å². The SMILES string of the molecule is CN1C(=O)CN(c2ccccc2CC(N)C(=O)O)CC1=O. The Hall–Kier alpha value is -2.41. The molecule has 1 atom stereocenters. The van der Waals surface area contributed by atoms with Crippen LogP contribution < -0.4 is 10.6 Å². The number of carboxylic acids is 1. The number of nitrogens with two attached hydrogens (primary N) is 1. The lowest BCUT2D eigenvalue weighted by Gasteiger charge is -2.33. The van der Waals surface area contributed by atoms with Crippen LogP contribution in [0.25, 0.3) is 0 Å². The van der Waals surface area contributed by atoms with E-state index in [2.05, 4.69) is 0 Å². The molecule has 112 valence electrons. The van der Waals surface area contributed by atoms with Crippen LogP contribution in [-0.2, 0) is 20.8 Å². The van der Waals surface area contributed by atoms with Crippen LogP contribution in [0.15, 0.2) is 24.3 Å². The van der Waals surface area contributed by atoms with Gasteiger partial charge in [0.15, 0.2) is 0 Å². The number of piperazine rings is 1. The Bertz CT molecular complexity index is 569. The molecule has 0 aromatic heterocycles. The summed E-state index contributed by atoms with van der Waals surface area (Å²) in [6, 6.07) is 6.04. The number of likely N-dealkylation sites (N-methyl/N-ethyl adjacent to an activating group) is 1. The molecular formula is C14H17N3O4. The van der Waals surface area contributed by atoms with Gasteiger partial charge in [-0.1, -0.05) is 18.2 Å². The second-order valence-corrected chi connectivity index (χ2v) is 4.98. The highest BCUT2D eigenvalue weighted by Crippen LogP contribution is 2.23. The normalized spacial score (nSPS) is 17.0. The number of anilines is 1. The third kappa shape index (κ3) is 3.19. The van der Waals surface area contributed by atoms with Crippen LogP contribution >= 0.6 is 0 Å². The number of carbonyl (C=O) groups excluding carboxylic acids is 2. The molecule has 3 N–H and O–H groups in total. The molecule has 1 fully saturated rings. The Labute approximate surface area is 121 Å². The van der Waals surface area contributed by atoms with Gasteiger partial charge in [-0.3, -0.25) is 19.3 Å². The van der Waals surface area contributed by atoms with Crippen molar-refractivity contribution < 1.29 is 19.5 Å². The minimum Gasteiger partial charge on any atom is -0.480 e. The van der Waals surface area contributed by atoms with Crippen LogP contribution in [0.3, 0.4) is 0 Å². The Morgan fingerprint density at radius 1 is 1.29 bits per heavy atom. The van der Waals surface area contributed by atoms with Gasteiger partial charge in [0.25, 0.3) is 0 Å². The van der Waals surface area contributed by atoms with Crippen molar-refractivity contribution >= 4 is 23.5 Å². The summed E-state index contributed by atoms with van der Waals surface area (Å²) in [7, 11) is 1.45. The molecule has 0 bridgehead atoms. The summed E-state index contributed by atoms with van der Waals surface area (Å²) in [5.41, 5.74) is 6.94. The van der Waals surface area contributed by atoms with Crippen LogP contribution in [-0.4, -0.2) is 54.0 Å². The van der Waals surface area contributed by atoms with E-state index in [1.807, 2.05) is 0 Å². The molecule has 1 aliphatic rings. The number of imide groups is 1. The zero-order valence-electron chi connectivity index (χ0n) is 11.7. The summed E-state index contributed by atoms with van der Waals surface area (Å²) in [6.07, 6.45) is 0.139. The molecule has 1 saturated heterocycles. The summed E-state index contributed by atoms with van der Waals surface area (Å²) >= 11 is 0.